The van der Waals surface area contributed by atoms with Crippen molar-refractivity contribution in [3.8, 4) is 5.88 Å². The predicted octanol–water partition coefficient (Wildman–Crippen LogP) is 2.38. The van der Waals surface area contributed by atoms with Crippen molar-refractivity contribution in [1.82, 2.24) is 19.9 Å². The number of carbonyl (C=O) groups is 1. The third kappa shape index (κ3) is 4.43. The fourth-order valence-electron chi connectivity index (χ4n) is 2.80. The summed E-state index contributed by atoms with van der Waals surface area (Å²) in [4.78, 5) is 27.0. The molecule has 7 nitrogen and oxygen atoms in total. The second kappa shape index (κ2) is 8.41. The van der Waals surface area contributed by atoms with Gasteiger partial charge in [-0.15, -0.1) is 0 Å². The number of carbonyl (C=O) groups excluding carboxylic acids is 1. The fourth-order valence-corrected chi connectivity index (χ4v) is 2.80. The molecule has 3 rings (SSSR count). The van der Waals surface area contributed by atoms with Crippen LogP contribution in [0.2, 0.25) is 0 Å². The van der Waals surface area contributed by atoms with Gasteiger partial charge in [0.15, 0.2) is 5.82 Å². The monoisotopic (exact) mass is 341 g/mol. The number of ether oxygens (including phenoxy) is 1. The third-order valence-corrected chi connectivity index (χ3v) is 4.11. The van der Waals surface area contributed by atoms with E-state index in [1.807, 2.05) is 17.0 Å². The van der Waals surface area contributed by atoms with Crippen LogP contribution in [-0.4, -0.2) is 51.5 Å². The highest BCUT2D eigenvalue weighted by Gasteiger charge is 2.25. The highest BCUT2D eigenvalue weighted by molar-refractivity contribution is 5.92. The number of hydrogen-bond acceptors (Lipinski definition) is 6. The summed E-state index contributed by atoms with van der Waals surface area (Å²) in [6, 6.07) is 5.64. The molecule has 132 valence electrons. The summed E-state index contributed by atoms with van der Waals surface area (Å²) >= 11 is 0. The van der Waals surface area contributed by atoms with Gasteiger partial charge in [-0.05, 0) is 31.4 Å². The van der Waals surface area contributed by atoms with Gasteiger partial charge in [-0.1, -0.05) is 13.0 Å². The van der Waals surface area contributed by atoms with E-state index in [4.69, 9.17) is 4.74 Å². The molecule has 3 heterocycles. The van der Waals surface area contributed by atoms with Crippen molar-refractivity contribution in [3.05, 3.63) is 42.5 Å². The van der Waals surface area contributed by atoms with Crippen molar-refractivity contribution >= 4 is 11.7 Å². The summed E-state index contributed by atoms with van der Waals surface area (Å²) < 4.78 is 5.64. The van der Waals surface area contributed by atoms with Gasteiger partial charge < -0.3 is 15.0 Å². The zero-order valence-corrected chi connectivity index (χ0v) is 14.4. The maximum atomic E-state index is 12.4. The van der Waals surface area contributed by atoms with E-state index in [1.165, 1.54) is 0 Å². The van der Waals surface area contributed by atoms with Gasteiger partial charge in [-0.2, -0.15) is 0 Å². The molecule has 0 aliphatic carbocycles. The maximum absolute atomic E-state index is 12.4. The molecule has 0 saturated carbocycles. The average Bonchev–Trinajstić information content (AvgIpc) is 2.68. The first-order valence-electron chi connectivity index (χ1n) is 8.68. The van der Waals surface area contributed by atoms with E-state index in [0.29, 0.717) is 37.1 Å². The SMILES string of the molecule is CCCOc1nccnc1NC1CCN(C(=O)c2ccccn2)CC1. The molecule has 0 bridgehead atoms. The van der Waals surface area contributed by atoms with E-state index in [1.54, 1.807) is 24.7 Å². The summed E-state index contributed by atoms with van der Waals surface area (Å²) in [7, 11) is 0. The van der Waals surface area contributed by atoms with Gasteiger partial charge in [-0.3, -0.25) is 9.78 Å². The highest BCUT2D eigenvalue weighted by atomic mass is 16.5. The number of pyridine rings is 1. The van der Waals surface area contributed by atoms with Crippen LogP contribution in [0, 0.1) is 0 Å². The van der Waals surface area contributed by atoms with Crippen LogP contribution in [0.5, 0.6) is 5.88 Å². The van der Waals surface area contributed by atoms with Gasteiger partial charge in [0.2, 0.25) is 0 Å². The van der Waals surface area contributed by atoms with Crippen molar-refractivity contribution < 1.29 is 9.53 Å². The highest BCUT2D eigenvalue weighted by Crippen LogP contribution is 2.22. The van der Waals surface area contributed by atoms with Crippen LogP contribution >= 0.6 is 0 Å². The summed E-state index contributed by atoms with van der Waals surface area (Å²) in [6.45, 7) is 4.05. The van der Waals surface area contributed by atoms with Crippen LogP contribution in [-0.2, 0) is 0 Å². The molecule has 1 amide bonds. The van der Waals surface area contributed by atoms with Crippen molar-refractivity contribution in [3.63, 3.8) is 0 Å². The summed E-state index contributed by atoms with van der Waals surface area (Å²) in [6.07, 6.45) is 7.55. The zero-order valence-electron chi connectivity index (χ0n) is 14.4. The van der Waals surface area contributed by atoms with E-state index in [-0.39, 0.29) is 11.9 Å². The van der Waals surface area contributed by atoms with Crippen LogP contribution in [0.25, 0.3) is 0 Å². The number of rotatable bonds is 6. The van der Waals surface area contributed by atoms with Gasteiger partial charge in [0.1, 0.15) is 5.69 Å². The lowest BCUT2D eigenvalue weighted by molar-refractivity contribution is 0.0712. The van der Waals surface area contributed by atoms with Crippen LogP contribution in [0.4, 0.5) is 5.82 Å². The molecule has 2 aromatic heterocycles. The molecule has 2 aromatic rings. The Morgan fingerprint density at radius 1 is 1.20 bits per heavy atom. The Kier molecular flexibility index (Phi) is 5.77. The van der Waals surface area contributed by atoms with E-state index in [0.717, 1.165) is 19.3 Å². The van der Waals surface area contributed by atoms with E-state index >= 15 is 0 Å². The fraction of sp³-hybridized carbons (Fsp3) is 0.444. The molecular formula is C18H23N5O2. The minimum Gasteiger partial charge on any atom is -0.475 e. The molecule has 1 aliphatic rings. The number of nitrogens with one attached hydrogen (secondary N) is 1. The van der Waals surface area contributed by atoms with Crippen LogP contribution in [0.3, 0.4) is 0 Å². The number of likely N-dealkylation sites (tertiary alicyclic amines) is 1. The Bertz CT molecular complexity index is 687. The molecule has 0 aromatic carbocycles. The van der Waals surface area contributed by atoms with E-state index in [9.17, 15) is 4.79 Å². The van der Waals surface area contributed by atoms with Crippen LogP contribution in [0.15, 0.2) is 36.8 Å². The quantitative estimate of drug-likeness (QED) is 0.869. The lowest BCUT2D eigenvalue weighted by atomic mass is 10.0. The Morgan fingerprint density at radius 2 is 2.00 bits per heavy atom. The first kappa shape index (κ1) is 17.1. The topological polar surface area (TPSA) is 80.2 Å². The van der Waals surface area contributed by atoms with Gasteiger partial charge in [0, 0.05) is 37.7 Å². The zero-order chi connectivity index (χ0) is 17.5. The lowest BCUT2D eigenvalue weighted by Crippen LogP contribution is -2.42. The molecule has 1 aliphatic heterocycles. The second-order valence-corrected chi connectivity index (χ2v) is 5.98. The normalized spacial score (nSPS) is 15.0. The Balaban J connectivity index is 1.56. The maximum Gasteiger partial charge on any atom is 0.272 e. The van der Waals surface area contributed by atoms with Crippen LogP contribution in [0.1, 0.15) is 36.7 Å². The summed E-state index contributed by atoms with van der Waals surface area (Å²) in [5.74, 6) is 1.20. The van der Waals surface area contributed by atoms with Gasteiger partial charge in [0.25, 0.3) is 11.8 Å². The molecule has 1 N–H and O–H groups in total. The minimum atomic E-state index is -0.00878. The molecule has 0 spiro atoms. The summed E-state index contributed by atoms with van der Waals surface area (Å²) in [5, 5.41) is 3.41. The third-order valence-electron chi connectivity index (χ3n) is 4.11. The van der Waals surface area contributed by atoms with Crippen LogP contribution < -0.4 is 10.1 Å². The Hall–Kier alpha value is -2.70. The second-order valence-electron chi connectivity index (χ2n) is 5.98. The summed E-state index contributed by atoms with van der Waals surface area (Å²) in [5.41, 5.74) is 0.498. The first-order valence-corrected chi connectivity index (χ1v) is 8.68. The average molecular weight is 341 g/mol. The van der Waals surface area contributed by atoms with Crippen molar-refractivity contribution in [2.45, 2.75) is 32.2 Å². The minimum absolute atomic E-state index is 0.00878. The number of amides is 1. The number of nitrogens with zero attached hydrogens (tertiary/aromatic N) is 4. The van der Waals surface area contributed by atoms with E-state index in [2.05, 4.69) is 27.2 Å². The van der Waals surface area contributed by atoms with E-state index < -0.39 is 0 Å². The van der Waals surface area contributed by atoms with Gasteiger partial charge >= 0.3 is 0 Å². The van der Waals surface area contributed by atoms with Gasteiger partial charge in [0.05, 0.1) is 6.61 Å². The van der Waals surface area contributed by atoms with Gasteiger partial charge in [-0.25, -0.2) is 9.97 Å². The molecule has 7 heteroatoms. The molecule has 1 fully saturated rings. The molecule has 25 heavy (non-hydrogen) atoms. The van der Waals surface area contributed by atoms with Crippen molar-refractivity contribution in [2.75, 3.05) is 25.0 Å². The smallest absolute Gasteiger partial charge is 0.272 e. The predicted molar refractivity (Wildman–Crippen MR) is 94.6 cm³/mol. The molecule has 0 atom stereocenters. The molecular weight excluding hydrogens is 318 g/mol. The number of piperidine rings is 1. The number of hydrogen-bond donors (Lipinski definition) is 1. The molecule has 0 unspecified atom stereocenters. The van der Waals surface area contributed by atoms with Crippen molar-refractivity contribution in [2.24, 2.45) is 0 Å². The molecule has 1 saturated heterocycles. The Labute approximate surface area is 147 Å². The Morgan fingerprint density at radius 3 is 2.72 bits per heavy atom. The largest absolute Gasteiger partial charge is 0.475 e. The standard InChI is InChI=1S/C18H23N5O2/c1-2-13-25-17-16(20-9-10-21-17)22-14-6-11-23(12-7-14)18(24)15-5-3-4-8-19-15/h3-5,8-10,14H,2,6-7,11-13H2,1H3,(H,20,22). The lowest BCUT2D eigenvalue weighted by Gasteiger charge is -2.32. The first-order chi connectivity index (χ1) is 12.3. The molecule has 0 radical (unpaired) electrons. The van der Waals surface area contributed by atoms with Crippen molar-refractivity contribution in [1.29, 1.82) is 0 Å². The number of anilines is 1. The number of aromatic nitrogens is 3.